The van der Waals surface area contributed by atoms with Gasteiger partial charge in [0, 0.05) is 5.41 Å². The van der Waals surface area contributed by atoms with Crippen molar-refractivity contribution < 1.29 is 19.1 Å². The summed E-state index contributed by atoms with van der Waals surface area (Å²) in [7, 11) is 1.31. The predicted octanol–water partition coefficient (Wildman–Crippen LogP) is 0.779. The van der Waals surface area contributed by atoms with Crippen LogP contribution in [0.3, 0.4) is 0 Å². The number of hydrogen-bond donors (Lipinski definition) is 0. The van der Waals surface area contributed by atoms with Crippen LogP contribution in [-0.2, 0) is 19.1 Å². The molecule has 1 rings (SSSR count). The van der Waals surface area contributed by atoms with Crippen LogP contribution in [0.2, 0.25) is 0 Å². The van der Waals surface area contributed by atoms with E-state index in [1.165, 1.54) is 12.0 Å². The fourth-order valence-corrected chi connectivity index (χ4v) is 1.88. The molecule has 1 aliphatic heterocycles. The molecule has 0 aromatic heterocycles. The monoisotopic (exact) mass is 229 g/mol. The van der Waals surface area contributed by atoms with Crippen LogP contribution in [0.25, 0.3) is 0 Å². The summed E-state index contributed by atoms with van der Waals surface area (Å²) in [6, 6.07) is 0. The number of rotatable bonds is 2. The molecular formula is C11H19NO4. The van der Waals surface area contributed by atoms with Crippen molar-refractivity contribution in [2.45, 2.75) is 39.5 Å². The minimum absolute atomic E-state index is 0.167. The van der Waals surface area contributed by atoms with Crippen LogP contribution in [0.4, 0.5) is 0 Å². The molecular weight excluding hydrogens is 210 g/mol. The van der Waals surface area contributed by atoms with Crippen molar-refractivity contribution in [2.75, 3.05) is 13.7 Å². The lowest BCUT2D eigenvalue weighted by molar-refractivity contribution is -0.157. The maximum atomic E-state index is 11.7. The molecule has 16 heavy (non-hydrogen) atoms. The van der Waals surface area contributed by atoms with E-state index in [1.54, 1.807) is 6.92 Å². The van der Waals surface area contributed by atoms with Gasteiger partial charge in [-0.05, 0) is 6.92 Å². The van der Waals surface area contributed by atoms with Gasteiger partial charge >= 0.3 is 5.97 Å². The van der Waals surface area contributed by atoms with E-state index in [0.717, 1.165) is 0 Å². The number of methoxy groups -OCH3 is 1. The molecule has 1 saturated heterocycles. The molecule has 1 fully saturated rings. The van der Waals surface area contributed by atoms with Gasteiger partial charge in [-0.1, -0.05) is 20.8 Å². The average molecular weight is 229 g/mol. The number of esters is 1. The highest BCUT2D eigenvalue weighted by Crippen LogP contribution is 2.36. The maximum absolute atomic E-state index is 11.7. The summed E-state index contributed by atoms with van der Waals surface area (Å²) in [5.74, 6) is -0.452. The lowest BCUT2D eigenvalue weighted by Gasteiger charge is -2.36. The van der Waals surface area contributed by atoms with Gasteiger partial charge in [-0.3, -0.25) is 4.79 Å². The van der Waals surface area contributed by atoms with Gasteiger partial charge in [0.1, 0.15) is 6.23 Å². The highest BCUT2D eigenvalue weighted by molar-refractivity contribution is 5.83. The number of carbonyl (C=O) groups is 2. The Morgan fingerprint density at radius 2 is 2.12 bits per heavy atom. The summed E-state index contributed by atoms with van der Waals surface area (Å²) in [5.41, 5.74) is -1.26. The standard InChI is InChI=1S/C11H19NO4/c1-10(2,3)8-12(7-13)11(4,6-16-8)9(14)15-5/h7-8H,6H2,1-5H3. The van der Waals surface area contributed by atoms with Gasteiger partial charge in [0.05, 0.1) is 13.7 Å². The summed E-state index contributed by atoms with van der Waals surface area (Å²) < 4.78 is 10.3. The third-order valence-electron chi connectivity index (χ3n) is 2.82. The van der Waals surface area contributed by atoms with Crippen molar-refractivity contribution in [1.82, 2.24) is 4.90 Å². The van der Waals surface area contributed by atoms with Crippen LogP contribution in [0.15, 0.2) is 0 Å². The molecule has 0 bridgehead atoms. The van der Waals surface area contributed by atoms with Crippen LogP contribution in [0, 0.1) is 5.41 Å². The van der Waals surface area contributed by atoms with E-state index in [0.29, 0.717) is 6.41 Å². The van der Waals surface area contributed by atoms with Crippen molar-refractivity contribution in [2.24, 2.45) is 5.41 Å². The fraction of sp³-hybridized carbons (Fsp3) is 0.818. The molecule has 0 aromatic rings. The molecule has 2 unspecified atom stereocenters. The Balaban J connectivity index is 3.02. The van der Waals surface area contributed by atoms with Gasteiger partial charge in [-0.15, -0.1) is 0 Å². The minimum Gasteiger partial charge on any atom is -0.467 e. The van der Waals surface area contributed by atoms with Crippen LogP contribution in [0.5, 0.6) is 0 Å². The third kappa shape index (κ3) is 1.91. The van der Waals surface area contributed by atoms with E-state index < -0.39 is 17.7 Å². The van der Waals surface area contributed by atoms with E-state index in [-0.39, 0.29) is 12.0 Å². The SMILES string of the molecule is COC(=O)C1(C)COC(C(C)(C)C)N1C=O. The molecule has 5 nitrogen and oxygen atoms in total. The van der Waals surface area contributed by atoms with E-state index in [4.69, 9.17) is 9.47 Å². The van der Waals surface area contributed by atoms with Gasteiger partial charge in [-0.25, -0.2) is 4.79 Å². The summed E-state index contributed by atoms with van der Waals surface area (Å²) in [5, 5.41) is 0. The second-order valence-electron chi connectivity index (χ2n) is 5.31. The van der Waals surface area contributed by atoms with Crippen LogP contribution < -0.4 is 0 Å². The summed E-state index contributed by atoms with van der Waals surface area (Å²) in [6.07, 6.45) is 0.244. The average Bonchev–Trinajstić information content (AvgIpc) is 2.54. The Morgan fingerprint density at radius 3 is 2.50 bits per heavy atom. The number of amides is 1. The van der Waals surface area contributed by atoms with E-state index in [2.05, 4.69) is 0 Å². The Kier molecular flexibility index (Phi) is 3.28. The normalized spacial score (nSPS) is 30.3. The summed E-state index contributed by atoms with van der Waals surface area (Å²) in [4.78, 5) is 24.2. The van der Waals surface area contributed by atoms with Crippen LogP contribution >= 0.6 is 0 Å². The number of hydrogen-bond acceptors (Lipinski definition) is 4. The molecule has 1 aliphatic rings. The first-order valence-electron chi connectivity index (χ1n) is 5.21. The van der Waals surface area contributed by atoms with Crippen molar-refractivity contribution in [3.05, 3.63) is 0 Å². The highest BCUT2D eigenvalue weighted by Gasteiger charge is 2.53. The molecule has 0 N–H and O–H groups in total. The molecule has 0 spiro atoms. The van der Waals surface area contributed by atoms with Gasteiger partial charge in [0.2, 0.25) is 6.41 Å². The molecule has 1 heterocycles. The largest absolute Gasteiger partial charge is 0.467 e. The lowest BCUT2D eigenvalue weighted by atomic mass is 9.92. The second kappa shape index (κ2) is 4.05. The Hall–Kier alpha value is -1.10. The minimum atomic E-state index is -1.02. The molecule has 2 atom stereocenters. The topological polar surface area (TPSA) is 55.8 Å². The van der Waals surface area contributed by atoms with Crippen molar-refractivity contribution in [1.29, 1.82) is 0 Å². The molecule has 5 heteroatoms. The molecule has 1 amide bonds. The van der Waals surface area contributed by atoms with Crippen molar-refractivity contribution in [3.63, 3.8) is 0 Å². The third-order valence-corrected chi connectivity index (χ3v) is 2.82. The second-order valence-corrected chi connectivity index (χ2v) is 5.31. The first-order valence-corrected chi connectivity index (χ1v) is 5.21. The zero-order chi connectivity index (χ0) is 12.6. The van der Waals surface area contributed by atoms with Gasteiger partial charge in [0.25, 0.3) is 0 Å². The maximum Gasteiger partial charge on any atom is 0.334 e. The van der Waals surface area contributed by atoms with Gasteiger partial charge in [0.15, 0.2) is 5.54 Å². The van der Waals surface area contributed by atoms with Crippen molar-refractivity contribution in [3.8, 4) is 0 Å². The summed E-state index contributed by atoms with van der Waals surface area (Å²) in [6.45, 7) is 7.69. The van der Waals surface area contributed by atoms with Crippen LogP contribution in [0.1, 0.15) is 27.7 Å². The molecule has 0 aromatic carbocycles. The van der Waals surface area contributed by atoms with Crippen molar-refractivity contribution >= 4 is 12.4 Å². The first kappa shape index (κ1) is 13.0. The van der Waals surface area contributed by atoms with Gasteiger partial charge < -0.3 is 14.4 Å². The Labute approximate surface area is 95.7 Å². The zero-order valence-electron chi connectivity index (χ0n) is 10.4. The quantitative estimate of drug-likeness (QED) is 0.518. The highest BCUT2D eigenvalue weighted by atomic mass is 16.5. The summed E-state index contributed by atoms with van der Waals surface area (Å²) >= 11 is 0. The lowest BCUT2D eigenvalue weighted by Crippen LogP contribution is -2.54. The molecule has 0 radical (unpaired) electrons. The Bertz CT molecular complexity index is 297. The Morgan fingerprint density at radius 1 is 1.56 bits per heavy atom. The zero-order valence-corrected chi connectivity index (χ0v) is 10.4. The van der Waals surface area contributed by atoms with E-state index >= 15 is 0 Å². The predicted molar refractivity (Wildman–Crippen MR) is 57.5 cm³/mol. The van der Waals surface area contributed by atoms with Gasteiger partial charge in [-0.2, -0.15) is 0 Å². The van der Waals surface area contributed by atoms with E-state index in [9.17, 15) is 9.59 Å². The molecule has 0 aliphatic carbocycles. The number of ether oxygens (including phenoxy) is 2. The first-order chi connectivity index (χ1) is 7.27. The van der Waals surface area contributed by atoms with Crippen LogP contribution in [-0.4, -0.2) is 42.8 Å². The fourth-order valence-electron chi connectivity index (χ4n) is 1.88. The smallest absolute Gasteiger partial charge is 0.334 e. The van der Waals surface area contributed by atoms with E-state index in [1.807, 2.05) is 20.8 Å². The molecule has 92 valence electrons. The number of nitrogens with zero attached hydrogens (tertiary/aromatic N) is 1. The number of carbonyl (C=O) groups excluding carboxylic acids is 2. The molecule has 0 saturated carbocycles.